The molecular formula is C19H17ClN4O. The van der Waals surface area contributed by atoms with Gasteiger partial charge in [-0.15, -0.1) is 0 Å². The number of pyridine rings is 1. The Morgan fingerprint density at radius 3 is 3.04 bits per heavy atom. The number of carbonyl (C=O) groups is 1. The van der Waals surface area contributed by atoms with E-state index in [-0.39, 0.29) is 12.0 Å². The molecule has 25 heavy (non-hydrogen) atoms. The maximum absolute atomic E-state index is 11.6. The van der Waals surface area contributed by atoms with Gasteiger partial charge in [-0.1, -0.05) is 24.6 Å². The van der Waals surface area contributed by atoms with Crippen molar-refractivity contribution in [2.45, 2.75) is 32.2 Å². The predicted molar refractivity (Wildman–Crippen MR) is 98.8 cm³/mol. The number of fused-ring (bicyclic) bond motifs is 3. The molecule has 0 bridgehead atoms. The Bertz CT molecular complexity index is 1030. The van der Waals surface area contributed by atoms with Gasteiger partial charge in [0.1, 0.15) is 17.7 Å². The number of aromatic amines is 1. The zero-order valence-electron chi connectivity index (χ0n) is 13.8. The largest absolute Gasteiger partial charge is 0.366 e. The van der Waals surface area contributed by atoms with Crippen molar-refractivity contribution in [3.05, 3.63) is 35.0 Å². The first-order valence-corrected chi connectivity index (χ1v) is 8.73. The Morgan fingerprint density at radius 1 is 1.44 bits per heavy atom. The number of ketones is 1. The Hall–Kier alpha value is -2.58. The molecule has 0 spiro atoms. The average Bonchev–Trinajstić information content (AvgIpc) is 2.96. The van der Waals surface area contributed by atoms with Crippen LogP contribution in [0.1, 0.15) is 31.7 Å². The summed E-state index contributed by atoms with van der Waals surface area (Å²) in [6, 6.07) is 8.01. The average molecular weight is 353 g/mol. The minimum absolute atomic E-state index is 0.193. The van der Waals surface area contributed by atoms with Gasteiger partial charge in [-0.2, -0.15) is 5.26 Å². The summed E-state index contributed by atoms with van der Waals surface area (Å²) in [5, 5.41) is 15.4. The monoisotopic (exact) mass is 352 g/mol. The van der Waals surface area contributed by atoms with E-state index in [0.717, 1.165) is 34.0 Å². The van der Waals surface area contributed by atoms with Gasteiger partial charge in [-0.05, 0) is 24.5 Å². The second-order valence-electron chi connectivity index (χ2n) is 6.71. The quantitative estimate of drug-likeness (QED) is 0.715. The summed E-state index contributed by atoms with van der Waals surface area (Å²) in [6.07, 6.45) is 3.59. The van der Waals surface area contributed by atoms with Crippen molar-refractivity contribution < 1.29 is 4.79 Å². The predicted octanol–water partition coefficient (Wildman–Crippen LogP) is 4.41. The van der Waals surface area contributed by atoms with Crippen LogP contribution in [0.15, 0.2) is 24.4 Å². The first-order valence-electron chi connectivity index (χ1n) is 8.35. The van der Waals surface area contributed by atoms with E-state index in [1.807, 2.05) is 18.2 Å². The molecule has 1 fully saturated rings. The third-order valence-electron chi connectivity index (χ3n) is 5.00. The molecule has 1 saturated carbocycles. The fourth-order valence-corrected chi connectivity index (χ4v) is 3.84. The van der Waals surface area contributed by atoms with Crippen LogP contribution in [0.4, 0.5) is 5.82 Å². The standard InChI is InChI=1S/C19H17ClN4O/c1-10-6-13(25)3-5-15(10)24-19-17-14-4-2-12(20)7-16(14)23-18(17)11(8-21)9-22-19/h2,4,7,9-10,15,23H,3,5-6H2,1H3,(H,22,24)/t10-,15+/m0/s1. The zero-order valence-corrected chi connectivity index (χ0v) is 14.5. The lowest BCUT2D eigenvalue weighted by atomic mass is 9.85. The molecule has 3 aromatic rings. The highest BCUT2D eigenvalue weighted by Gasteiger charge is 2.27. The Kier molecular flexibility index (Phi) is 3.85. The molecule has 2 aromatic heterocycles. The van der Waals surface area contributed by atoms with E-state index < -0.39 is 0 Å². The molecule has 6 heteroatoms. The van der Waals surface area contributed by atoms with Crippen molar-refractivity contribution in [1.29, 1.82) is 5.26 Å². The molecule has 1 aliphatic rings. The Morgan fingerprint density at radius 2 is 2.28 bits per heavy atom. The van der Waals surface area contributed by atoms with Crippen LogP contribution in [0.2, 0.25) is 5.02 Å². The molecule has 0 aliphatic heterocycles. The van der Waals surface area contributed by atoms with Crippen molar-refractivity contribution in [2.24, 2.45) is 5.92 Å². The number of H-pyrrole nitrogens is 1. The van der Waals surface area contributed by atoms with Gasteiger partial charge in [-0.3, -0.25) is 4.79 Å². The molecule has 0 radical (unpaired) electrons. The van der Waals surface area contributed by atoms with Gasteiger partial charge >= 0.3 is 0 Å². The number of halogens is 1. The number of anilines is 1. The molecule has 1 aromatic carbocycles. The van der Waals surface area contributed by atoms with Crippen molar-refractivity contribution >= 4 is 45.0 Å². The molecule has 0 unspecified atom stereocenters. The number of hydrogen-bond donors (Lipinski definition) is 2. The topological polar surface area (TPSA) is 81.6 Å². The first-order chi connectivity index (χ1) is 12.1. The number of hydrogen-bond acceptors (Lipinski definition) is 4. The summed E-state index contributed by atoms with van der Waals surface area (Å²) < 4.78 is 0. The Balaban J connectivity index is 1.85. The fourth-order valence-electron chi connectivity index (χ4n) is 3.66. The summed E-state index contributed by atoms with van der Waals surface area (Å²) in [4.78, 5) is 19.4. The van der Waals surface area contributed by atoms with Crippen molar-refractivity contribution in [1.82, 2.24) is 9.97 Å². The van der Waals surface area contributed by atoms with Gasteiger partial charge < -0.3 is 10.3 Å². The van der Waals surface area contributed by atoms with E-state index in [4.69, 9.17) is 11.6 Å². The minimum Gasteiger partial charge on any atom is -0.366 e. The second kappa shape index (κ2) is 6.05. The SMILES string of the molecule is C[C@H]1CC(=O)CC[C@H]1Nc1ncc(C#N)c2[nH]c3cc(Cl)ccc3c12. The molecule has 4 rings (SSSR count). The maximum Gasteiger partial charge on any atom is 0.136 e. The zero-order chi connectivity index (χ0) is 17.6. The molecule has 5 nitrogen and oxygen atoms in total. The molecule has 2 atom stereocenters. The smallest absolute Gasteiger partial charge is 0.136 e. The highest BCUT2D eigenvalue weighted by molar-refractivity contribution is 6.31. The molecule has 0 saturated heterocycles. The van der Waals surface area contributed by atoms with Gasteiger partial charge in [0, 0.05) is 41.0 Å². The van der Waals surface area contributed by atoms with Gasteiger partial charge in [0.05, 0.1) is 16.5 Å². The molecule has 1 aliphatic carbocycles. The number of Topliss-reactive ketones (excluding diaryl/α,β-unsaturated/α-hetero) is 1. The van der Waals surface area contributed by atoms with Crippen LogP contribution in [0.5, 0.6) is 0 Å². The summed E-state index contributed by atoms with van der Waals surface area (Å²) >= 11 is 6.10. The lowest BCUT2D eigenvalue weighted by molar-refractivity contribution is -0.121. The summed E-state index contributed by atoms with van der Waals surface area (Å²) in [7, 11) is 0. The van der Waals surface area contributed by atoms with Crippen molar-refractivity contribution in [3.63, 3.8) is 0 Å². The lowest BCUT2D eigenvalue weighted by Gasteiger charge is -2.29. The molecule has 2 N–H and O–H groups in total. The summed E-state index contributed by atoms with van der Waals surface area (Å²) in [5.74, 6) is 1.33. The van der Waals surface area contributed by atoms with Crippen LogP contribution in [-0.4, -0.2) is 21.8 Å². The first kappa shape index (κ1) is 15.9. The number of benzene rings is 1. The van der Waals surface area contributed by atoms with E-state index in [0.29, 0.717) is 29.2 Å². The normalized spacial score (nSPS) is 20.8. The third-order valence-corrected chi connectivity index (χ3v) is 5.24. The number of nitrogens with one attached hydrogen (secondary N) is 2. The molecule has 126 valence electrons. The Labute approximate surface area is 150 Å². The second-order valence-corrected chi connectivity index (χ2v) is 7.14. The van der Waals surface area contributed by atoms with Crippen LogP contribution in [-0.2, 0) is 4.79 Å². The lowest BCUT2D eigenvalue weighted by Crippen LogP contribution is -2.34. The number of aromatic nitrogens is 2. The summed E-state index contributed by atoms with van der Waals surface area (Å²) in [5.41, 5.74) is 2.14. The van der Waals surface area contributed by atoms with E-state index >= 15 is 0 Å². The number of nitriles is 1. The fraction of sp³-hybridized carbons (Fsp3) is 0.316. The third kappa shape index (κ3) is 2.73. The molecule has 2 heterocycles. The minimum atomic E-state index is 0.193. The van der Waals surface area contributed by atoms with Crippen molar-refractivity contribution in [3.8, 4) is 6.07 Å². The number of carbonyl (C=O) groups excluding carboxylic acids is 1. The van der Waals surface area contributed by atoms with Gasteiger partial charge in [-0.25, -0.2) is 4.98 Å². The van der Waals surface area contributed by atoms with E-state index in [9.17, 15) is 10.1 Å². The van der Waals surface area contributed by atoms with Crippen LogP contribution in [0.25, 0.3) is 21.8 Å². The van der Waals surface area contributed by atoms with Crippen LogP contribution in [0.3, 0.4) is 0 Å². The van der Waals surface area contributed by atoms with Gasteiger partial charge in [0.15, 0.2) is 0 Å². The highest BCUT2D eigenvalue weighted by Crippen LogP contribution is 2.35. The molecule has 0 amide bonds. The van der Waals surface area contributed by atoms with Crippen LogP contribution < -0.4 is 5.32 Å². The van der Waals surface area contributed by atoms with Gasteiger partial charge in [0.2, 0.25) is 0 Å². The van der Waals surface area contributed by atoms with E-state index in [2.05, 4.69) is 28.3 Å². The number of nitrogens with zero attached hydrogens (tertiary/aromatic N) is 2. The van der Waals surface area contributed by atoms with E-state index in [1.54, 1.807) is 6.20 Å². The summed E-state index contributed by atoms with van der Waals surface area (Å²) in [6.45, 7) is 2.09. The maximum atomic E-state index is 11.6. The van der Waals surface area contributed by atoms with Gasteiger partial charge in [0.25, 0.3) is 0 Å². The van der Waals surface area contributed by atoms with Crippen LogP contribution >= 0.6 is 11.6 Å². The van der Waals surface area contributed by atoms with Crippen molar-refractivity contribution in [2.75, 3.05) is 5.32 Å². The molecular weight excluding hydrogens is 336 g/mol. The van der Waals surface area contributed by atoms with E-state index in [1.165, 1.54) is 0 Å². The number of rotatable bonds is 2. The highest BCUT2D eigenvalue weighted by atomic mass is 35.5. The van der Waals surface area contributed by atoms with Crippen LogP contribution in [0, 0.1) is 17.2 Å².